The first-order valence-corrected chi connectivity index (χ1v) is 7.89. The monoisotopic (exact) mass is 283 g/mol. The van der Waals surface area contributed by atoms with Crippen LogP contribution in [-0.2, 0) is 9.47 Å². The standard InChI is InChI=1S/C15H29N3O2/c1-11(2)6-8-19-9-7-17-15(16-3)18-13-10-12-4-5-14(13)20-12/h11-14H,4-10H2,1-3H3,(H2,16,17,18). The van der Waals surface area contributed by atoms with Crippen molar-refractivity contribution in [3.05, 3.63) is 0 Å². The topological polar surface area (TPSA) is 54.9 Å². The summed E-state index contributed by atoms with van der Waals surface area (Å²) in [5.74, 6) is 1.56. The molecule has 0 aromatic heterocycles. The molecule has 0 aromatic carbocycles. The first kappa shape index (κ1) is 15.6. The highest BCUT2D eigenvalue weighted by molar-refractivity contribution is 5.80. The summed E-state index contributed by atoms with van der Waals surface area (Å²) in [5, 5.41) is 6.77. The van der Waals surface area contributed by atoms with Crippen LogP contribution in [0.25, 0.3) is 0 Å². The highest BCUT2D eigenvalue weighted by Crippen LogP contribution is 2.34. The van der Waals surface area contributed by atoms with Crippen LogP contribution in [0.4, 0.5) is 0 Å². The molecule has 2 heterocycles. The molecule has 116 valence electrons. The van der Waals surface area contributed by atoms with E-state index in [4.69, 9.17) is 9.47 Å². The van der Waals surface area contributed by atoms with E-state index < -0.39 is 0 Å². The Balaban J connectivity index is 1.56. The van der Waals surface area contributed by atoms with Crippen LogP contribution in [0, 0.1) is 5.92 Å². The van der Waals surface area contributed by atoms with Crippen molar-refractivity contribution in [2.24, 2.45) is 10.9 Å². The largest absolute Gasteiger partial charge is 0.380 e. The molecular formula is C15H29N3O2. The summed E-state index contributed by atoms with van der Waals surface area (Å²) in [6.45, 7) is 6.78. The second-order valence-electron chi connectivity index (χ2n) is 6.15. The molecule has 0 amide bonds. The van der Waals surface area contributed by atoms with Gasteiger partial charge < -0.3 is 20.1 Å². The van der Waals surface area contributed by atoms with Crippen LogP contribution >= 0.6 is 0 Å². The van der Waals surface area contributed by atoms with E-state index in [0.29, 0.717) is 24.2 Å². The number of guanidine groups is 1. The third kappa shape index (κ3) is 4.63. The van der Waals surface area contributed by atoms with Crippen LogP contribution < -0.4 is 10.6 Å². The van der Waals surface area contributed by atoms with Crippen molar-refractivity contribution >= 4 is 5.96 Å². The van der Waals surface area contributed by atoms with Gasteiger partial charge in [-0.3, -0.25) is 4.99 Å². The van der Waals surface area contributed by atoms with Crippen LogP contribution in [-0.4, -0.2) is 51.0 Å². The highest BCUT2D eigenvalue weighted by Gasteiger charge is 2.40. The molecule has 20 heavy (non-hydrogen) atoms. The molecule has 3 unspecified atom stereocenters. The first-order valence-electron chi connectivity index (χ1n) is 7.89. The van der Waals surface area contributed by atoms with E-state index in [1.807, 2.05) is 7.05 Å². The van der Waals surface area contributed by atoms with E-state index in [1.54, 1.807) is 0 Å². The van der Waals surface area contributed by atoms with Gasteiger partial charge in [0.15, 0.2) is 5.96 Å². The lowest BCUT2D eigenvalue weighted by atomic mass is 9.96. The van der Waals surface area contributed by atoms with Crippen molar-refractivity contribution in [3.63, 3.8) is 0 Å². The number of ether oxygens (including phenoxy) is 2. The Morgan fingerprint density at radius 1 is 1.35 bits per heavy atom. The fourth-order valence-electron chi connectivity index (χ4n) is 2.82. The molecule has 2 bridgehead atoms. The van der Waals surface area contributed by atoms with E-state index >= 15 is 0 Å². The van der Waals surface area contributed by atoms with Crippen LogP contribution in [0.1, 0.15) is 39.5 Å². The zero-order chi connectivity index (χ0) is 14.4. The lowest BCUT2D eigenvalue weighted by molar-refractivity contribution is 0.0991. The van der Waals surface area contributed by atoms with Crippen molar-refractivity contribution < 1.29 is 9.47 Å². The van der Waals surface area contributed by atoms with Gasteiger partial charge in [-0.1, -0.05) is 13.8 Å². The molecule has 2 aliphatic heterocycles. The van der Waals surface area contributed by atoms with Crippen molar-refractivity contribution in [3.8, 4) is 0 Å². The van der Waals surface area contributed by atoms with Crippen molar-refractivity contribution in [1.82, 2.24) is 10.6 Å². The van der Waals surface area contributed by atoms with Gasteiger partial charge in [0.2, 0.25) is 0 Å². The van der Waals surface area contributed by atoms with E-state index in [-0.39, 0.29) is 0 Å². The Hall–Kier alpha value is -0.810. The lowest BCUT2D eigenvalue weighted by Gasteiger charge is -2.22. The maximum absolute atomic E-state index is 5.84. The minimum absolute atomic E-state index is 0.376. The van der Waals surface area contributed by atoms with Crippen LogP contribution in [0.5, 0.6) is 0 Å². The Bertz CT molecular complexity index is 320. The average Bonchev–Trinajstić information content (AvgIpc) is 3.03. The Labute approximate surface area is 122 Å². The molecule has 0 radical (unpaired) electrons. The fourth-order valence-corrected chi connectivity index (χ4v) is 2.82. The first-order chi connectivity index (χ1) is 9.69. The molecule has 0 aliphatic carbocycles. The number of hydrogen-bond donors (Lipinski definition) is 2. The Morgan fingerprint density at radius 2 is 2.20 bits per heavy atom. The molecule has 2 aliphatic rings. The predicted molar refractivity (Wildman–Crippen MR) is 81.1 cm³/mol. The van der Waals surface area contributed by atoms with Gasteiger partial charge in [0.05, 0.1) is 24.9 Å². The molecule has 0 saturated carbocycles. The van der Waals surface area contributed by atoms with Crippen molar-refractivity contribution in [1.29, 1.82) is 0 Å². The predicted octanol–water partition coefficient (Wildman–Crippen LogP) is 1.53. The van der Waals surface area contributed by atoms with Gasteiger partial charge >= 0.3 is 0 Å². The number of nitrogens with zero attached hydrogens (tertiary/aromatic N) is 1. The molecule has 2 rings (SSSR count). The molecule has 2 saturated heterocycles. The average molecular weight is 283 g/mol. The zero-order valence-electron chi connectivity index (χ0n) is 13.0. The van der Waals surface area contributed by atoms with Gasteiger partial charge in [0, 0.05) is 20.2 Å². The summed E-state index contributed by atoms with van der Waals surface area (Å²) in [6, 6.07) is 0.418. The van der Waals surface area contributed by atoms with E-state index in [1.165, 1.54) is 12.8 Å². The normalized spacial score (nSPS) is 29.2. The zero-order valence-corrected chi connectivity index (χ0v) is 13.0. The molecule has 2 N–H and O–H groups in total. The lowest BCUT2D eigenvalue weighted by Crippen LogP contribution is -2.48. The molecule has 0 aromatic rings. The fraction of sp³-hybridized carbons (Fsp3) is 0.933. The van der Waals surface area contributed by atoms with Gasteiger partial charge in [0.25, 0.3) is 0 Å². The molecule has 5 nitrogen and oxygen atoms in total. The van der Waals surface area contributed by atoms with E-state index in [0.717, 1.165) is 38.6 Å². The quantitative estimate of drug-likeness (QED) is 0.423. The summed E-state index contributed by atoms with van der Waals surface area (Å²) >= 11 is 0. The van der Waals surface area contributed by atoms with Gasteiger partial charge in [0.1, 0.15) is 0 Å². The van der Waals surface area contributed by atoms with Gasteiger partial charge in [-0.05, 0) is 31.6 Å². The maximum atomic E-state index is 5.84. The second kappa shape index (κ2) is 7.84. The molecule has 3 atom stereocenters. The maximum Gasteiger partial charge on any atom is 0.191 e. The SMILES string of the molecule is CN=C(NCCOCCC(C)C)NC1CC2CCC1O2. The molecule has 2 fully saturated rings. The third-order valence-corrected chi connectivity index (χ3v) is 4.03. The molecule has 0 spiro atoms. The van der Waals surface area contributed by atoms with Crippen LogP contribution in [0.15, 0.2) is 4.99 Å². The molecule has 5 heteroatoms. The van der Waals surface area contributed by atoms with E-state index in [9.17, 15) is 0 Å². The number of hydrogen-bond acceptors (Lipinski definition) is 3. The van der Waals surface area contributed by atoms with Gasteiger partial charge in [-0.2, -0.15) is 0 Å². The number of aliphatic imine (C=N–C) groups is 1. The summed E-state index contributed by atoms with van der Waals surface area (Å²) in [7, 11) is 1.81. The molecular weight excluding hydrogens is 254 g/mol. The summed E-state index contributed by atoms with van der Waals surface area (Å²) < 4.78 is 11.4. The number of nitrogens with one attached hydrogen (secondary N) is 2. The number of rotatable bonds is 7. The highest BCUT2D eigenvalue weighted by atomic mass is 16.5. The third-order valence-electron chi connectivity index (χ3n) is 4.03. The smallest absolute Gasteiger partial charge is 0.191 e. The van der Waals surface area contributed by atoms with Crippen molar-refractivity contribution in [2.45, 2.75) is 57.8 Å². The Morgan fingerprint density at radius 3 is 2.80 bits per heavy atom. The minimum atomic E-state index is 0.376. The summed E-state index contributed by atoms with van der Waals surface area (Å²) in [5.41, 5.74) is 0. The van der Waals surface area contributed by atoms with Crippen LogP contribution in [0.2, 0.25) is 0 Å². The van der Waals surface area contributed by atoms with Crippen LogP contribution in [0.3, 0.4) is 0 Å². The number of fused-ring (bicyclic) bond motifs is 2. The summed E-state index contributed by atoms with van der Waals surface area (Å²) in [4.78, 5) is 4.26. The van der Waals surface area contributed by atoms with Gasteiger partial charge in [-0.15, -0.1) is 0 Å². The van der Waals surface area contributed by atoms with Gasteiger partial charge in [-0.25, -0.2) is 0 Å². The second-order valence-corrected chi connectivity index (χ2v) is 6.15. The Kier molecular flexibility index (Phi) is 6.10. The van der Waals surface area contributed by atoms with Crippen molar-refractivity contribution in [2.75, 3.05) is 26.8 Å². The van der Waals surface area contributed by atoms with E-state index in [2.05, 4.69) is 29.5 Å². The minimum Gasteiger partial charge on any atom is -0.380 e. The summed E-state index contributed by atoms with van der Waals surface area (Å²) in [6.07, 6.45) is 5.47.